The van der Waals surface area contributed by atoms with Crippen LogP contribution in [0.3, 0.4) is 0 Å². The van der Waals surface area contributed by atoms with Crippen molar-refractivity contribution in [2.45, 2.75) is 11.8 Å². The van der Waals surface area contributed by atoms with Gasteiger partial charge < -0.3 is 0 Å². The lowest BCUT2D eigenvalue weighted by atomic mass is 10.0. The van der Waals surface area contributed by atoms with Crippen molar-refractivity contribution < 1.29 is 4.39 Å². The van der Waals surface area contributed by atoms with Crippen molar-refractivity contribution in [2.75, 3.05) is 0 Å². The van der Waals surface area contributed by atoms with E-state index in [9.17, 15) is 4.39 Å². The lowest BCUT2D eigenvalue weighted by Gasteiger charge is -2.12. The average Bonchev–Trinajstić information content (AvgIpc) is 2.32. The maximum absolute atomic E-state index is 12.9. The van der Waals surface area contributed by atoms with Gasteiger partial charge in [-0.05, 0) is 41.8 Å². The molecule has 0 heterocycles. The second kappa shape index (κ2) is 6.05. The number of rotatable bonds is 3. The average molecular weight is 348 g/mol. The van der Waals surface area contributed by atoms with Gasteiger partial charge in [0.25, 0.3) is 0 Å². The molecule has 0 radical (unpaired) electrons. The largest absolute Gasteiger partial charge is 0.207 e. The number of halogens is 4. The van der Waals surface area contributed by atoms with Crippen LogP contribution in [0.2, 0.25) is 5.02 Å². The normalized spacial score (nSPS) is 12.4. The van der Waals surface area contributed by atoms with Crippen molar-refractivity contribution in [3.05, 3.63) is 68.9 Å². The van der Waals surface area contributed by atoms with E-state index in [0.29, 0.717) is 11.4 Å². The molecule has 0 saturated carbocycles. The molecular formula is C14H10BrCl2F. The summed E-state index contributed by atoms with van der Waals surface area (Å²) in [5.74, 6) is -0.351. The molecule has 0 aliphatic rings. The first-order valence-corrected chi connectivity index (χ1v) is 7.00. The van der Waals surface area contributed by atoms with Crippen LogP contribution in [0.5, 0.6) is 0 Å². The summed E-state index contributed by atoms with van der Waals surface area (Å²) < 4.78 is 14.0. The minimum atomic E-state index is -0.351. The van der Waals surface area contributed by atoms with E-state index in [2.05, 4.69) is 15.9 Å². The zero-order chi connectivity index (χ0) is 13.1. The SMILES string of the molecule is Fc1ccc(C(Cl)Cc2ccc(Br)cc2)c(Cl)c1. The number of hydrogen-bond acceptors (Lipinski definition) is 0. The third kappa shape index (κ3) is 3.47. The molecule has 1 atom stereocenters. The Bertz CT molecular complexity index is 540. The number of hydrogen-bond donors (Lipinski definition) is 0. The second-order valence-electron chi connectivity index (χ2n) is 3.96. The predicted octanol–water partition coefficient (Wildman–Crippen LogP) is 5.76. The summed E-state index contributed by atoms with van der Waals surface area (Å²) in [5.41, 5.74) is 1.86. The van der Waals surface area contributed by atoms with Crippen molar-refractivity contribution in [1.29, 1.82) is 0 Å². The molecule has 0 saturated heterocycles. The number of benzene rings is 2. The zero-order valence-electron chi connectivity index (χ0n) is 9.34. The zero-order valence-corrected chi connectivity index (χ0v) is 12.4. The fourth-order valence-corrected chi connectivity index (χ4v) is 2.68. The Morgan fingerprint density at radius 1 is 1.11 bits per heavy atom. The van der Waals surface area contributed by atoms with Gasteiger partial charge in [0.1, 0.15) is 5.82 Å². The van der Waals surface area contributed by atoms with Crippen molar-refractivity contribution in [2.24, 2.45) is 0 Å². The van der Waals surface area contributed by atoms with Gasteiger partial charge in [0.2, 0.25) is 0 Å². The summed E-state index contributed by atoms with van der Waals surface area (Å²) in [7, 11) is 0. The van der Waals surface area contributed by atoms with E-state index in [0.717, 1.165) is 15.6 Å². The van der Waals surface area contributed by atoms with Crippen LogP contribution < -0.4 is 0 Å². The van der Waals surface area contributed by atoms with Gasteiger partial charge in [-0.3, -0.25) is 0 Å². The first kappa shape index (κ1) is 13.9. The van der Waals surface area contributed by atoms with Gasteiger partial charge in [0, 0.05) is 9.50 Å². The molecule has 0 amide bonds. The Balaban J connectivity index is 2.16. The highest BCUT2D eigenvalue weighted by Gasteiger charge is 2.13. The van der Waals surface area contributed by atoms with Crippen molar-refractivity contribution in [3.8, 4) is 0 Å². The predicted molar refractivity (Wildman–Crippen MR) is 77.9 cm³/mol. The Morgan fingerprint density at radius 2 is 1.78 bits per heavy atom. The summed E-state index contributed by atoms with van der Waals surface area (Å²) in [6, 6.07) is 12.2. The fourth-order valence-electron chi connectivity index (χ4n) is 1.69. The molecule has 94 valence electrons. The Morgan fingerprint density at radius 3 is 2.39 bits per heavy atom. The molecule has 0 N–H and O–H groups in total. The molecule has 0 spiro atoms. The summed E-state index contributed by atoms with van der Waals surface area (Å²) in [5, 5.41) is 0.103. The van der Waals surface area contributed by atoms with Gasteiger partial charge >= 0.3 is 0 Å². The standard InChI is InChI=1S/C14H10BrCl2F/c15-10-3-1-9(2-4-10)7-13(16)12-6-5-11(18)8-14(12)17/h1-6,8,13H,7H2. The van der Waals surface area contributed by atoms with Crippen LogP contribution in [0.25, 0.3) is 0 Å². The molecule has 0 aliphatic heterocycles. The van der Waals surface area contributed by atoms with E-state index in [1.165, 1.54) is 12.1 Å². The quantitative estimate of drug-likeness (QED) is 0.619. The van der Waals surface area contributed by atoms with Gasteiger partial charge in [-0.15, -0.1) is 11.6 Å². The smallest absolute Gasteiger partial charge is 0.124 e. The molecule has 2 rings (SSSR count). The van der Waals surface area contributed by atoms with E-state index in [4.69, 9.17) is 23.2 Å². The van der Waals surface area contributed by atoms with Crippen LogP contribution in [0.1, 0.15) is 16.5 Å². The lowest BCUT2D eigenvalue weighted by Crippen LogP contribution is -1.97. The van der Waals surface area contributed by atoms with Crippen molar-refractivity contribution in [3.63, 3.8) is 0 Å². The van der Waals surface area contributed by atoms with Gasteiger partial charge in [0.05, 0.1) is 5.38 Å². The lowest BCUT2D eigenvalue weighted by molar-refractivity contribution is 0.627. The van der Waals surface area contributed by atoms with Crippen LogP contribution in [-0.2, 0) is 6.42 Å². The van der Waals surface area contributed by atoms with Crippen molar-refractivity contribution in [1.82, 2.24) is 0 Å². The summed E-state index contributed by atoms with van der Waals surface area (Å²) in [6.45, 7) is 0. The topological polar surface area (TPSA) is 0 Å². The van der Waals surface area contributed by atoms with Gasteiger partial charge in [-0.1, -0.05) is 45.7 Å². The molecule has 0 bridgehead atoms. The van der Waals surface area contributed by atoms with E-state index in [-0.39, 0.29) is 11.2 Å². The Labute approximate surface area is 124 Å². The highest BCUT2D eigenvalue weighted by Crippen LogP contribution is 2.31. The molecule has 0 nitrogen and oxygen atoms in total. The van der Waals surface area contributed by atoms with E-state index >= 15 is 0 Å². The Kier molecular flexibility index (Phi) is 4.66. The first-order valence-electron chi connectivity index (χ1n) is 5.40. The highest BCUT2D eigenvalue weighted by atomic mass is 79.9. The third-order valence-corrected chi connectivity index (χ3v) is 3.87. The molecule has 18 heavy (non-hydrogen) atoms. The maximum Gasteiger partial charge on any atom is 0.124 e. The third-order valence-electron chi connectivity index (χ3n) is 2.63. The van der Waals surface area contributed by atoms with Crippen LogP contribution in [0, 0.1) is 5.82 Å². The van der Waals surface area contributed by atoms with E-state index in [1.807, 2.05) is 24.3 Å². The van der Waals surface area contributed by atoms with Crippen LogP contribution in [-0.4, -0.2) is 0 Å². The molecular weight excluding hydrogens is 338 g/mol. The van der Waals surface area contributed by atoms with E-state index < -0.39 is 0 Å². The first-order chi connectivity index (χ1) is 8.56. The molecule has 0 aromatic heterocycles. The summed E-state index contributed by atoms with van der Waals surface area (Å²) >= 11 is 15.7. The van der Waals surface area contributed by atoms with Gasteiger partial charge in [0.15, 0.2) is 0 Å². The molecule has 2 aromatic carbocycles. The minimum absolute atomic E-state index is 0.265. The molecule has 4 heteroatoms. The molecule has 2 aromatic rings. The minimum Gasteiger partial charge on any atom is -0.207 e. The van der Waals surface area contributed by atoms with Crippen LogP contribution in [0.15, 0.2) is 46.9 Å². The Hall–Kier alpha value is -0.570. The van der Waals surface area contributed by atoms with Crippen molar-refractivity contribution >= 4 is 39.1 Å². The molecule has 0 fully saturated rings. The van der Waals surface area contributed by atoms with Crippen LogP contribution in [0.4, 0.5) is 4.39 Å². The monoisotopic (exact) mass is 346 g/mol. The highest BCUT2D eigenvalue weighted by molar-refractivity contribution is 9.10. The number of alkyl halides is 1. The second-order valence-corrected chi connectivity index (χ2v) is 5.81. The molecule has 0 aliphatic carbocycles. The molecule has 1 unspecified atom stereocenters. The fraction of sp³-hybridized carbons (Fsp3) is 0.143. The summed E-state index contributed by atoms with van der Waals surface area (Å²) in [4.78, 5) is 0. The van der Waals surface area contributed by atoms with Gasteiger partial charge in [-0.25, -0.2) is 4.39 Å². The van der Waals surface area contributed by atoms with Crippen LogP contribution >= 0.6 is 39.1 Å². The summed E-state index contributed by atoms with van der Waals surface area (Å²) in [6.07, 6.45) is 0.653. The van der Waals surface area contributed by atoms with E-state index in [1.54, 1.807) is 6.07 Å². The van der Waals surface area contributed by atoms with Gasteiger partial charge in [-0.2, -0.15) is 0 Å². The maximum atomic E-state index is 12.9.